The van der Waals surface area contributed by atoms with Crippen LogP contribution in [0.2, 0.25) is 0 Å². The molecule has 0 aliphatic carbocycles. The molecule has 0 aromatic rings. The summed E-state index contributed by atoms with van der Waals surface area (Å²) in [5.74, 6) is 0. The molecule has 0 saturated carbocycles. The average molecular weight is 136 g/mol. The predicted octanol–water partition coefficient (Wildman–Crippen LogP) is 0.810. The van der Waals surface area contributed by atoms with Crippen LogP contribution in [0, 0.1) is 0 Å². The smallest absolute Gasteiger partial charge is 0.200 e. The molecule has 1 aliphatic heterocycles. The lowest BCUT2D eigenvalue weighted by Gasteiger charge is -1.97. The molecule has 0 aromatic heterocycles. The summed E-state index contributed by atoms with van der Waals surface area (Å²) < 4.78 is 0. The fourth-order valence-corrected chi connectivity index (χ4v) is 0.491. The van der Waals surface area contributed by atoms with Gasteiger partial charge in [0.25, 0.3) is 0 Å². The highest BCUT2D eigenvalue weighted by atomic mass is 35.5. The van der Waals surface area contributed by atoms with Crippen molar-refractivity contribution in [1.82, 2.24) is 5.32 Å². The fourth-order valence-electron chi connectivity index (χ4n) is 0.491. The minimum atomic E-state index is -0.0608. The van der Waals surface area contributed by atoms with Gasteiger partial charge in [-0.1, -0.05) is 0 Å². The predicted molar refractivity (Wildman–Crippen MR) is 34.4 cm³/mol. The lowest BCUT2D eigenvalue weighted by Crippen LogP contribution is -2.23. The van der Waals surface area contributed by atoms with Crippen LogP contribution in [0.15, 0.2) is 10.2 Å². The van der Waals surface area contributed by atoms with Crippen molar-refractivity contribution >= 4 is 12.4 Å². The van der Waals surface area contributed by atoms with Crippen molar-refractivity contribution in [2.45, 2.75) is 12.6 Å². The lowest BCUT2D eigenvalue weighted by atomic mass is 10.3. The van der Waals surface area contributed by atoms with E-state index >= 15 is 0 Å². The Balaban J connectivity index is 0.000000490. The van der Waals surface area contributed by atoms with Gasteiger partial charge in [-0.15, -0.1) is 12.4 Å². The Bertz CT molecular complexity index is 95.5. The molecule has 0 radical (unpaired) electrons. The largest absolute Gasteiger partial charge is 0.315 e. The number of likely N-dealkylation sites (N-methyl/N-ethyl adjacent to an activating group) is 1. The molecule has 1 rings (SSSR count). The fraction of sp³-hybridized carbons (Fsp3) is 1.00. The summed E-state index contributed by atoms with van der Waals surface area (Å²) in [7, 11) is 1.90. The molecule has 0 aromatic carbocycles. The molecule has 8 heavy (non-hydrogen) atoms. The molecule has 0 unspecified atom stereocenters. The van der Waals surface area contributed by atoms with Crippen molar-refractivity contribution in [1.29, 1.82) is 0 Å². The van der Waals surface area contributed by atoms with Gasteiger partial charge in [-0.3, -0.25) is 0 Å². The third-order valence-electron chi connectivity index (χ3n) is 0.953. The van der Waals surface area contributed by atoms with E-state index in [0.29, 0.717) is 0 Å². The molecular formula is C4H10ClN3. The lowest BCUT2D eigenvalue weighted by molar-refractivity contribution is 0.607. The maximum atomic E-state index is 3.79. The number of nitrogens with zero attached hydrogens (tertiary/aromatic N) is 2. The first kappa shape index (κ1) is 7.85. The number of nitrogens with one attached hydrogen (secondary N) is 1. The molecule has 1 heterocycles. The van der Waals surface area contributed by atoms with Crippen molar-refractivity contribution in [2.75, 3.05) is 13.6 Å². The summed E-state index contributed by atoms with van der Waals surface area (Å²) in [5.41, 5.74) is -0.0608. The second-order valence-electron chi connectivity index (χ2n) is 1.95. The summed E-state index contributed by atoms with van der Waals surface area (Å²) in [4.78, 5) is 0. The Morgan fingerprint density at radius 1 is 1.50 bits per heavy atom. The first-order valence-electron chi connectivity index (χ1n) is 2.35. The maximum absolute atomic E-state index is 3.79. The van der Waals surface area contributed by atoms with Gasteiger partial charge in [0, 0.05) is 6.54 Å². The van der Waals surface area contributed by atoms with Crippen molar-refractivity contribution in [3.05, 3.63) is 0 Å². The Morgan fingerprint density at radius 3 is 2.12 bits per heavy atom. The molecule has 1 aliphatic rings. The van der Waals surface area contributed by atoms with Crippen molar-refractivity contribution in [2.24, 2.45) is 10.2 Å². The Kier molecular flexibility index (Phi) is 2.37. The van der Waals surface area contributed by atoms with Crippen LogP contribution in [0.5, 0.6) is 0 Å². The van der Waals surface area contributed by atoms with E-state index in [9.17, 15) is 0 Å². The summed E-state index contributed by atoms with van der Waals surface area (Å²) in [6.07, 6.45) is 0. The van der Waals surface area contributed by atoms with E-state index in [4.69, 9.17) is 0 Å². The highest BCUT2D eigenvalue weighted by Crippen LogP contribution is 2.24. The molecule has 0 fully saturated rings. The van der Waals surface area contributed by atoms with Crippen LogP contribution in [0.4, 0.5) is 0 Å². The zero-order valence-electron chi connectivity index (χ0n) is 5.01. The van der Waals surface area contributed by atoms with Crippen LogP contribution in [0.3, 0.4) is 0 Å². The zero-order chi connectivity index (χ0) is 5.33. The topological polar surface area (TPSA) is 36.8 Å². The van der Waals surface area contributed by atoms with Gasteiger partial charge in [0.2, 0.25) is 0 Å². The maximum Gasteiger partial charge on any atom is 0.200 e. The second-order valence-corrected chi connectivity index (χ2v) is 1.95. The third kappa shape index (κ3) is 1.76. The van der Waals surface area contributed by atoms with Crippen LogP contribution >= 0.6 is 12.4 Å². The molecule has 0 spiro atoms. The minimum Gasteiger partial charge on any atom is -0.315 e. The number of rotatable bonds is 2. The van der Waals surface area contributed by atoms with E-state index in [0.717, 1.165) is 6.54 Å². The highest BCUT2D eigenvalue weighted by Gasteiger charge is 2.32. The molecule has 0 amide bonds. The zero-order valence-corrected chi connectivity index (χ0v) is 5.83. The molecule has 48 valence electrons. The van der Waals surface area contributed by atoms with Gasteiger partial charge in [0.05, 0.1) is 0 Å². The molecule has 0 saturated heterocycles. The molecule has 1 N–H and O–H groups in total. The van der Waals surface area contributed by atoms with Crippen LogP contribution in [-0.4, -0.2) is 19.3 Å². The van der Waals surface area contributed by atoms with Crippen LogP contribution < -0.4 is 5.32 Å². The van der Waals surface area contributed by atoms with Crippen LogP contribution in [0.25, 0.3) is 0 Å². The van der Waals surface area contributed by atoms with Gasteiger partial charge < -0.3 is 5.32 Å². The third-order valence-corrected chi connectivity index (χ3v) is 0.953. The quantitative estimate of drug-likeness (QED) is 0.598. The first-order chi connectivity index (χ1) is 3.27. The van der Waals surface area contributed by atoms with E-state index in [1.165, 1.54) is 0 Å². The van der Waals surface area contributed by atoms with Crippen molar-refractivity contribution in [3.63, 3.8) is 0 Å². The van der Waals surface area contributed by atoms with E-state index in [1.807, 2.05) is 14.0 Å². The normalized spacial score (nSPS) is 19.8. The molecule has 0 atom stereocenters. The summed E-state index contributed by atoms with van der Waals surface area (Å²) in [5, 5.41) is 10.6. The molecule has 3 nitrogen and oxygen atoms in total. The van der Waals surface area contributed by atoms with E-state index < -0.39 is 0 Å². The van der Waals surface area contributed by atoms with Gasteiger partial charge in [-0.2, -0.15) is 10.2 Å². The van der Waals surface area contributed by atoms with Crippen molar-refractivity contribution < 1.29 is 0 Å². The Labute approximate surface area is 55.0 Å². The second kappa shape index (κ2) is 2.42. The Hall–Kier alpha value is -0.150. The van der Waals surface area contributed by atoms with E-state index in [2.05, 4.69) is 15.5 Å². The van der Waals surface area contributed by atoms with Crippen LogP contribution in [0.1, 0.15) is 6.92 Å². The Morgan fingerprint density at radius 2 is 2.00 bits per heavy atom. The average Bonchev–Trinajstić information content (AvgIpc) is 2.22. The van der Waals surface area contributed by atoms with E-state index in [-0.39, 0.29) is 18.1 Å². The standard InChI is InChI=1S/C4H9N3.ClH/c1-4(3-5-2)6-7-4;/h5H,3H2,1-2H3;1H. The van der Waals surface area contributed by atoms with Crippen molar-refractivity contribution in [3.8, 4) is 0 Å². The number of hydrogen-bond acceptors (Lipinski definition) is 3. The van der Waals surface area contributed by atoms with Crippen LogP contribution in [-0.2, 0) is 0 Å². The van der Waals surface area contributed by atoms with Gasteiger partial charge in [0.1, 0.15) is 0 Å². The van der Waals surface area contributed by atoms with Gasteiger partial charge >= 0.3 is 0 Å². The number of hydrogen-bond donors (Lipinski definition) is 1. The molecule has 0 bridgehead atoms. The summed E-state index contributed by atoms with van der Waals surface area (Å²) in [6, 6.07) is 0. The van der Waals surface area contributed by atoms with Gasteiger partial charge in [-0.05, 0) is 14.0 Å². The molecular weight excluding hydrogens is 126 g/mol. The van der Waals surface area contributed by atoms with E-state index in [1.54, 1.807) is 0 Å². The minimum absolute atomic E-state index is 0. The summed E-state index contributed by atoms with van der Waals surface area (Å²) in [6.45, 7) is 2.86. The monoisotopic (exact) mass is 135 g/mol. The summed E-state index contributed by atoms with van der Waals surface area (Å²) >= 11 is 0. The van der Waals surface area contributed by atoms with Gasteiger partial charge in [-0.25, -0.2) is 0 Å². The first-order valence-corrected chi connectivity index (χ1v) is 2.35. The number of halogens is 1. The van der Waals surface area contributed by atoms with Gasteiger partial charge in [0.15, 0.2) is 5.66 Å². The highest BCUT2D eigenvalue weighted by molar-refractivity contribution is 5.85. The molecule has 4 heteroatoms. The SMILES string of the molecule is CNCC1(C)N=N1.Cl.